The number of para-hydroxylation sites is 2. The molecule has 0 saturated heterocycles. The molecule has 1 nitrogen and oxygen atoms in total. The molecule has 10 rings (SSSR count). The Morgan fingerprint density at radius 2 is 0.882 bits per heavy atom. The summed E-state index contributed by atoms with van der Waals surface area (Å²) in [6.07, 6.45) is 0. The molecule has 0 aliphatic rings. The first-order valence-electron chi connectivity index (χ1n) is 17.4. The normalized spacial score (nSPS) is 12.2. The van der Waals surface area contributed by atoms with Gasteiger partial charge in [-0.15, -0.1) is 11.3 Å². The van der Waals surface area contributed by atoms with Crippen LogP contribution in [-0.4, -0.2) is 0 Å². The maximum absolute atomic E-state index is 6.39. The fourth-order valence-electron chi connectivity index (χ4n) is 7.68. The van der Waals surface area contributed by atoms with E-state index >= 15 is 0 Å². The monoisotopic (exact) mass is 668 g/mol. The lowest BCUT2D eigenvalue weighted by molar-refractivity contribution is 0.670. The van der Waals surface area contributed by atoms with Crippen molar-refractivity contribution in [1.82, 2.24) is 0 Å². The number of hydrogen-bond donors (Lipinski definition) is 0. The van der Waals surface area contributed by atoms with Crippen LogP contribution in [0, 0.1) is 0 Å². The fourth-order valence-corrected chi connectivity index (χ4v) is 8.77. The molecule has 10 aromatic rings. The van der Waals surface area contributed by atoms with Gasteiger partial charge in [0.1, 0.15) is 11.2 Å². The van der Waals surface area contributed by atoms with Crippen LogP contribution in [0.1, 0.15) is 22.6 Å². The Bertz CT molecular complexity index is 2820. The quantitative estimate of drug-likeness (QED) is 0.161. The topological polar surface area (TPSA) is 13.1 Å². The summed E-state index contributed by atoms with van der Waals surface area (Å²) in [6, 6.07) is 68.3. The summed E-state index contributed by atoms with van der Waals surface area (Å²) < 4.78 is 9.05. The Labute approximate surface area is 300 Å². The van der Waals surface area contributed by atoms with Gasteiger partial charge in [0, 0.05) is 42.4 Å². The first-order valence-corrected chi connectivity index (χ1v) is 18.3. The van der Waals surface area contributed by atoms with Gasteiger partial charge in [0.05, 0.1) is 0 Å². The zero-order valence-electron chi connectivity index (χ0n) is 27.8. The Hall–Kier alpha value is -6.22. The van der Waals surface area contributed by atoms with Gasteiger partial charge in [-0.3, -0.25) is 0 Å². The second kappa shape index (κ2) is 12.3. The summed E-state index contributed by atoms with van der Waals surface area (Å²) in [6.45, 7) is 0. The first kappa shape index (κ1) is 29.7. The van der Waals surface area contributed by atoms with E-state index in [-0.39, 0.29) is 5.92 Å². The highest BCUT2D eigenvalue weighted by Gasteiger charge is 2.19. The third-order valence-electron chi connectivity index (χ3n) is 10.3. The SMILES string of the molecule is c1ccc(-c2ccc(C(c3ccc(-c4ccc5sc6ccccc6c5c4)cc3)c3ccc(-c4cccc5c4oc4ccccc45)cc3)cc2)cc1. The van der Waals surface area contributed by atoms with Crippen LogP contribution in [0.2, 0.25) is 0 Å². The zero-order valence-corrected chi connectivity index (χ0v) is 28.6. The number of furan rings is 1. The maximum atomic E-state index is 6.39. The number of hydrogen-bond acceptors (Lipinski definition) is 2. The van der Waals surface area contributed by atoms with E-state index in [0.29, 0.717) is 0 Å². The van der Waals surface area contributed by atoms with Crippen molar-refractivity contribution in [2.45, 2.75) is 5.92 Å². The number of rotatable bonds is 6. The third-order valence-corrected chi connectivity index (χ3v) is 11.4. The predicted molar refractivity (Wildman–Crippen MR) is 217 cm³/mol. The van der Waals surface area contributed by atoms with Crippen molar-refractivity contribution < 1.29 is 4.42 Å². The Balaban J connectivity index is 1.04. The van der Waals surface area contributed by atoms with E-state index in [0.717, 1.165) is 33.1 Å². The van der Waals surface area contributed by atoms with Crippen molar-refractivity contribution in [1.29, 1.82) is 0 Å². The Kier molecular flexibility index (Phi) is 7.14. The van der Waals surface area contributed by atoms with E-state index in [1.807, 2.05) is 23.5 Å². The molecule has 0 N–H and O–H groups in total. The minimum atomic E-state index is 0.0724. The Morgan fingerprint density at radius 3 is 1.61 bits per heavy atom. The highest BCUT2D eigenvalue weighted by Crippen LogP contribution is 2.40. The zero-order chi connectivity index (χ0) is 33.7. The summed E-state index contributed by atoms with van der Waals surface area (Å²) in [5.41, 5.74) is 12.8. The van der Waals surface area contributed by atoms with Gasteiger partial charge in [0.2, 0.25) is 0 Å². The van der Waals surface area contributed by atoms with Crippen molar-refractivity contribution >= 4 is 53.4 Å². The highest BCUT2D eigenvalue weighted by molar-refractivity contribution is 7.25. The lowest BCUT2D eigenvalue weighted by Gasteiger charge is -2.20. The molecule has 0 aliphatic carbocycles. The lowest BCUT2D eigenvalue weighted by Crippen LogP contribution is -2.03. The third kappa shape index (κ3) is 5.24. The molecule has 2 heteroatoms. The molecular weight excluding hydrogens is 637 g/mol. The van der Waals surface area contributed by atoms with E-state index < -0.39 is 0 Å². The summed E-state index contributed by atoms with van der Waals surface area (Å²) in [4.78, 5) is 0. The van der Waals surface area contributed by atoms with Crippen molar-refractivity contribution in [3.8, 4) is 33.4 Å². The standard InChI is InChI=1S/C49H32OS/c1-2-9-32(10-3-1)33-17-23-36(24-18-33)48(37-25-19-34(20-26-37)39-29-30-47-44(31-39)42-12-5-7-16-46(42)51-47)38-27-21-35(22-28-38)40-13-8-14-43-41-11-4-6-15-45(41)50-49(40)43/h1-31,48H. The predicted octanol–water partition coefficient (Wildman–Crippen LogP) is 14.1. The summed E-state index contributed by atoms with van der Waals surface area (Å²) >= 11 is 1.86. The van der Waals surface area contributed by atoms with E-state index in [9.17, 15) is 0 Å². The highest BCUT2D eigenvalue weighted by atomic mass is 32.1. The molecule has 0 fully saturated rings. The van der Waals surface area contributed by atoms with Crippen LogP contribution in [-0.2, 0) is 0 Å². The van der Waals surface area contributed by atoms with Crippen molar-refractivity contribution in [3.63, 3.8) is 0 Å². The average molecular weight is 669 g/mol. The lowest BCUT2D eigenvalue weighted by atomic mass is 9.83. The molecule has 2 heterocycles. The van der Waals surface area contributed by atoms with Gasteiger partial charge in [-0.05, 0) is 68.8 Å². The van der Waals surface area contributed by atoms with Gasteiger partial charge >= 0.3 is 0 Å². The molecule has 2 aromatic heterocycles. The van der Waals surface area contributed by atoms with Gasteiger partial charge in [-0.25, -0.2) is 0 Å². The molecule has 0 spiro atoms. The maximum Gasteiger partial charge on any atom is 0.143 e. The number of thiophene rings is 1. The molecule has 0 bridgehead atoms. The molecule has 0 radical (unpaired) electrons. The first-order chi connectivity index (χ1) is 25.3. The van der Waals surface area contributed by atoms with Gasteiger partial charge in [0.25, 0.3) is 0 Å². The molecule has 1 unspecified atom stereocenters. The van der Waals surface area contributed by atoms with E-state index in [1.54, 1.807) is 0 Å². The van der Waals surface area contributed by atoms with Crippen molar-refractivity contribution in [3.05, 3.63) is 205 Å². The van der Waals surface area contributed by atoms with Gasteiger partial charge in [-0.1, -0.05) is 164 Å². The van der Waals surface area contributed by atoms with Gasteiger partial charge in [0.15, 0.2) is 0 Å². The van der Waals surface area contributed by atoms with Crippen LogP contribution < -0.4 is 0 Å². The second-order valence-corrected chi connectivity index (χ2v) is 14.3. The largest absolute Gasteiger partial charge is 0.455 e. The smallest absolute Gasteiger partial charge is 0.143 e. The molecule has 8 aromatic carbocycles. The Morgan fingerprint density at radius 1 is 0.353 bits per heavy atom. The summed E-state index contributed by atoms with van der Waals surface area (Å²) in [7, 11) is 0. The fraction of sp³-hybridized carbons (Fsp3) is 0.0204. The minimum absolute atomic E-state index is 0.0724. The van der Waals surface area contributed by atoms with Gasteiger partial charge < -0.3 is 4.42 Å². The van der Waals surface area contributed by atoms with Crippen LogP contribution in [0.4, 0.5) is 0 Å². The molecule has 0 aliphatic heterocycles. The van der Waals surface area contributed by atoms with Crippen molar-refractivity contribution in [2.24, 2.45) is 0 Å². The second-order valence-electron chi connectivity index (χ2n) is 13.3. The van der Waals surface area contributed by atoms with Crippen LogP contribution in [0.5, 0.6) is 0 Å². The van der Waals surface area contributed by atoms with Crippen LogP contribution in [0.25, 0.3) is 75.5 Å². The molecule has 0 saturated carbocycles. The van der Waals surface area contributed by atoms with Crippen LogP contribution in [0.3, 0.4) is 0 Å². The van der Waals surface area contributed by atoms with Crippen molar-refractivity contribution in [2.75, 3.05) is 0 Å². The summed E-state index contributed by atoms with van der Waals surface area (Å²) in [5, 5.41) is 4.95. The molecule has 51 heavy (non-hydrogen) atoms. The van der Waals surface area contributed by atoms with E-state index in [2.05, 4.69) is 176 Å². The number of fused-ring (bicyclic) bond motifs is 6. The van der Waals surface area contributed by atoms with E-state index in [1.165, 1.54) is 59.1 Å². The van der Waals surface area contributed by atoms with E-state index in [4.69, 9.17) is 4.42 Å². The molecular formula is C49H32OS. The molecule has 0 amide bonds. The minimum Gasteiger partial charge on any atom is -0.455 e. The number of benzene rings is 8. The van der Waals surface area contributed by atoms with Crippen LogP contribution in [0.15, 0.2) is 192 Å². The molecule has 1 atom stereocenters. The summed E-state index contributed by atoms with van der Waals surface area (Å²) in [5.74, 6) is 0.0724. The van der Waals surface area contributed by atoms with Crippen LogP contribution >= 0.6 is 11.3 Å². The average Bonchev–Trinajstić information content (AvgIpc) is 3.77. The van der Waals surface area contributed by atoms with Gasteiger partial charge in [-0.2, -0.15) is 0 Å². The molecule has 240 valence electrons.